The van der Waals surface area contributed by atoms with Gasteiger partial charge in [0.1, 0.15) is 4.88 Å². The molecule has 0 fully saturated rings. The number of carbonyl (C=O) groups excluding carboxylic acids is 1. The number of carbonyl (C=O) groups is 1. The molecule has 0 amide bonds. The Morgan fingerprint density at radius 2 is 2.59 bits per heavy atom. The predicted octanol–water partition coefficient (Wildman–Crippen LogP) is 2.37. The average Bonchev–Trinajstić information content (AvgIpc) is 2.77. The van der Waals surface area contributed by atoms with Gasteiger partial charge in [-0.05, 0) is 12.5 Å². The van der Waals surface area contributed by atoms with Crippen LogP contribution >= 0.6 is 11.3 Å². The molecule has 0 saturated heterocycles. The van der Waals surface area contributed by atoms with Gasteiger partial charge in [-0.25, -0.2) is 9.78 Å². The lowest BCUT2D eigenvalue weighted by Crippen LogP contribution is -2.06. The number of nitrogens with zero attached hydrogens (tertiary/aromatic N) is 4. The Morgan fingerprint density at radius 3 is 3.29 bits per heavy atom. The van der Waals surface area contributed by atoms with Crippen molar-refractivity contribution in [1.82, 2.24) is 4.98 Å². The number of hydrogen-bond acceptors (Lipinski definition) is 5. The van der Waals surface area contributed by atoms with Crippen molar-refractivity contribution in [3.63, 3.8) is 0 Å². The van der Waals surface area contributed by atoms with Crippen LogP contribution < -0.4 is 0 Å². The Hall–Kier alpha value is -2.03. The van der Waals surface area contributed by atoms with Gasteiger partial charge in [0.25, 0.3) is 0 Å². The highest BCUT2D eigenvalue weighted by Crippen LogP contribution is 2.12. The van der Waals surface area contributed by atoms with Crippen LogP contribution in [0, 0.1) is 11.8 Å². The number of azide groups is 1. The molecule has 0 aliphatic rings. The summed E-state index contributed by atoms with van der Waals surface area (Å²) in [6, 6.07) is 0. The Labute approximate surface area is 102 Å². The zero-order valence-corrected chi connectivity index (χ0v) is 10.0. The molecule has 0 atom stereocenters. The van der Waals surface area contributed by atoms with Gasteiger partial charge in [0.15, 0.2) is 5.69 Å². The van der Waals surface area contributed by atoms with Gasteiger partial charge in [-0.15, -0.1) is 11.3 Å². The predicted molar refractivity (Wildman–Crippen MR) is 63.6 cm³/mol. The van der Waals surface area contributed by atoms with Crippen molar-refractivity contribution in [2.75, 3.05) is 13.2 Å². The number of thiazole rings is 1. The number of rotatable bonds is 4. The Balaban J connectivity index is 2.68. The molecule has 0 bridgehead atoms. The van der Waals surface area contributed by atoms with E-state index in [2.05, 4.69) is 26.9 Å². The van der Waals surface area contributed by atoms with E-state index in [1.807, 2.05) is 0 Å². The van der Waals surface area contributed by atoms with Crippen molar-refractivity contribution in [2.45, 2.75) is 13.3 Å². The van der Waals surface area contributed by atoms with Gasteiger partial charge in [-0.3, -0.25) is 0 Å². The van der Waals surface area contributed by atoms with E-state index in [4.69, 9.17) is 10.3 Å². The first-order chi connectivity index (χ1) is 8.29. The highest BCUT2D eigenvalue weighted by Gasteiger charge is 2.13. The summed E-state index contributed by atoms with van der Waals surface area (Å²) in [5, 5.41) is 3.35. The van der Waals surface area contributed by atoms with Crippen LogP contribution in [-0.2, 0) is 4.74 Å². The summed E-state index contributed by atoms with van der Waals surface area (Å²) in [7, 11) is 0. The average molecular weight is 250 g/mol. The van der Waals surface area contributed by atoms with Crippen molar-refractivity contribution < 1.29 is 9.53 Å². The second kappa shape index (κ2) is 7.28. The maximum atomic E-state index is 11.4. The van der Waals surface area contributed by atoms with E-state index in [-0.39, 0.29) is 5.69 Å². The van der Waals surface area contributed by atoms with E-state index in [0.29, 0.717) is 24.4 Å². The lowest BCUT2D eigenvalue weighted by atomic mass is 10.3. The van der Waals surface area contributed by atoms with E-state index in [0.717, 1.165) is 0 Å². The molecule has 1 heterocycles. The molecular formula is C10H10N4O2S. The van der Waals surface area contributed by atoms with Crippen LogP contribution in [0.2, 0.25) is 0 Å². The van der Waals surface area contributed by atoms with Crippen molar-refractivity contribution in [3.05, 3.63) is 26.5 Å². The quantitative estimate of drug-likeness (QED) is 0.205. The molecule has 1 rings (SSSR count). The molecule has 0 unspecified atom stereocenters. The van der Waals surface area contributed by atoms with Crippen LogP contribution in [0.4, 0.5) is 0 Å². The summed E-state index contributed by atoms with van der Waals surface area (Å²) in [4.78, 5) is 18.5. The zero-order chi connectivity index (χ0) is 12.5. The smallest absolute Gasteiger partial charge is 0.359 e. The summed E-state index contributed by atoms with van der Waals surface area (Å²) in [5.41, 5.74) is 9.86. The molecule has 0 aliphatic carbocycles. The number of esters is 1. The fourth-order valence-electron chi connectivity index (χ4n) is 0.973. The highest BCUT2D eigenvalue weighted by atomic mass is 32.1. The molecule has 7 heteroatoms. The number of ether oxygens (including phenoxy) is 1. The van der Waals surface area contributed by atoms with Crippen LogP contribution in [0.15, 0.2) is 10.6 Å². The lowest BCUT2D eigenvalue weighted by molar-refractivity contribution is 0.0520. The van der Waals surface area contributed by atoms with Crippen molar-refractivity contribution in [3.8, 4) is 11.8 Å². The third-order valence-corrected chi connectivity index (χ3v) is 2.38. The molecule has 0 radical (unpaired) electrons. The van der Waals surface area contributed by atoms with Crippen molar-refractivity contribution in [1.29, 1.82) is 0 Å². The van der Waals surface area contributed by atoms with E-state index in [1.54, 1.807) is 12.4 Å². The normalized spacial score (nSPS) is 8.76. The minimum absolute atomic E-state index is 0.244. The molecule has 1 aromatic heterocycles. The topological polar surface area (TPSA) is 88.0 Å². The van der Waals surface area contributed by atoms with Crippen LogP contribution in [-0.4, -0.2) is 24.1 Å². The molecule has 0 spiro atoms. The highest BCUT2D eigenvalue weighted by molar-refractivity contribution is 7.10. The Morgan fingerprint density at radius 1 is 1.76 bits per heavy atom. The second-order valence-electron chi connectivity index (χ2n) is 2.76. The maximum Gasteiger partial charge on any atom is 0.359 e. The molecule has 0 aliphatic heterocycles. The van der Waals surface area contributed by atoms with E-state index < -0.39 is 5.97 Å². The van der Waals surface area contributed by atoms with E-state index >= 15 is 0 Å². The lowest BCUT2D eigenvalue weighted by Gasteiger charge is -1.97. The summed E-state index contributed by atoms with van der Waals surface area (Å²) in [5.74, 6) is 5.16. The van der Waals surface area contributed by atoms with Gasteiger partial charge >= 0.3 is 5.97 Å². The van der Waals surface area contributed by atoms with Gasteiger partial charge in [0.05, 0.1) is 12.1 Å². The van der Waals surface area contributed by atoms with Gasteiger partial charge in [-0.1, -0.05) is 17.0 Å². The fraction of sp³-hybridized carbons (Fsp3) is 0.400. The number of aromatic nitrogens is 1. The standard InChI is InChI=1S/C10H10N4O2S/c1-2-16-10(15)9-8(17-7-12-9)5-3-4-6-13-14-11/h7H,2,4,6H2,1H3. The first-order valence-corrected chi connectivity index (χ1v) is 5.78. The van der Waals surface area contributed by atoms with Crippen molar-refractivity contribution >= 4 is 17.3 Å². The van der Waals surface area contributed by atoms with E-state index in [9.17, 15) is 4.79 Å². The molecule has 1 aromatic rings. The minimum atomic E-state index is -0.465. The maximum absolute atomic E-state index is 11.4. The SMILES string of the molecule is CCOC(=O)c1ncsc1C#CCCN=[N+]=[N-]. The molecule has 0 saturated carbocycles. The van der Waals surface area contributed by atoms with Gasteiger partial charge < -0.3 is 4.74 Å². The van der Waals surface area contributed by atoms with Crippen LogP contribution in [0.5, 0.6) is 0 Å². The summed E-state index contributed by atoms with van der Waals surface area (Å²) >= 11 is 1.28. The van der Waals surface area contributed by atoms with Crippen molar-refractivity contribution in [2.24, 2.45) is 5.11 Å². The van der Waals surface area contributed by atoms with Gasteiger partial charge in [0, 0.05) is 17.9 Å². The van der Waals surface area contributed by atoms with E-state index in [1.165, 1.54) is 11.3 Å². The third kappa shape index (κ3) is 4.15. The van der Waals surface area contributed by atoms with Gasteiger partial charge in [-0.2, -0.15) is 0 Å². The summed E-state index contributed by atoms with van der Waals surface area (Å²) in [6.07, 6.45) is 0.449. The first kappa shape index (κ1) is 13.0. The minimum Gasteiger partial charge on any atom is -0.461 e. The first-order valence-electron chi connectivity index (χ1n) is 4.90. The van der Waals surface area contributed by atoms with Crippen LogP contribution in [0.1, 0.15) is 28.7 Å². The summed E-state index contributed by atoms with van der Waals surface area (Å²) in [6.45, 7) is 2.35. The fourth-order valence-corrected chi connectivity index (χ4v) is 1.62. The largest absolute Gasteiger partial charge is 0.461 e. The Kier molecular flexibility index (Phi) is 5.58. The molecule has 0 aromatic carbocycles. The Bertz CT molecular complexity index is 494. The number of hydrogen-bond donors (Lipinski definition) is 0. The monoisotopic (exact) mass is 250 g/mol. The molecule has 88 valence electrons. The second-order valence-corrected chi connectivity index (χ2v) is 3.61. The molecule has 6 nitrogen and oxygen atoms in total. The molecule has 0 N–H and O–H groups in total. The van der Waals surface area contributed by atoms with Crippen LogP contribution in [0.3, 0.4) is 0 Å². The van der Waals surface area contributed by atoms with Crippen LogP contribution in [0.25, 0.3) is 10.4 Å². The van der Waals surface area contributed by atoms with Gasteiger partial charge in [0.2, 0.25) is 0 Å². The molecular weight excluding hydrogens is 240 g/mol. The zero-order valence-electron chi connectivity index (χ0n) is 9.21. The summed E-state index contributed by atoms with van der Waals surface area (Å²) < 4.78 is 4.84. The third-order valence-electron chi connectivity index (χ3n) is 1.64. The molecule has 17 heavy (non-hydrogen) atoms.